The maximum absolute atomic E-state index is 11.9. The molecule has 0 aliphatic rings. The van der Waals surface area contributed by atoms with E-state index >= 15 is 0 Å². The van der Waals surface area contributed by atoms with Crippen molar-refractivity contribution >= 4 is 5.97 Å². The van der Waals surface area contributed by atoms with Gasteiger partial charge in [0, 0.05) is 5.56 Å². The number of likely N-dealkylation sites (N-methyl/N-ethyl adjacent to an activating group) is 1. The zero-order valence-electron chi connectivity index (χ0n) is 13.8. The predicted octanol–water partition coefficient (Wildman–Crippen LogP) is 3.78. The number of ether oxygens (including phenoxy) is 1. The number of quaternary nitrogens is 1. The second kappa shape index (κ2) is 9.56. The van der Waals surface area contributed by atoms with Crippen LogP contribution in [0.3, 0.4) is 0 Å². The summed E-state index contributed by atoms with van der Waals surface area (Å²) in [6.45, 7) is 4.02. The fourth-order valence-corrected chi connectivity index (χ4v) is 2.42. The van der Waals surface area contributed by atoms with Crippen molar-refractivity contribution in [2.45, 2.75) is 45.6 Å². The summed E-state index contributed by atoms with van der Waals surface area (Å²) in [6.07, 6.45) is 5.89. The maximum Gasteiger partial charge on any atom is 0.361 e. The van der Waals surface area contributed by atoms with Crippen LogP contribution in [-0.2, 0) is 16.1 Å². The Bertz CT molecular complexity index is 401. The minimum Gasteiger partial charge on any atom is -0.462 e. The smallest absolute Gasteiger partial charge is 0.361 e. The number of carbonyl (C=O) groups is 1. The Hall–Kier alpha value is -1.35. The fraction of sp³-hybridized carbons (Fsp3) is 0.611. The summed E-state index contributed by atoms with van der Waals surface area (Å²) < 4.78 is 5.96. The average molecular weight is 292 g/mol. The SMILES string of the molecule is CCCCCCCOC(=O)C[N+](C)(C)Cc1ccccc1. The molecule has 0 saturated heterocycles. The molecule has 0 unspecified atom stereocenters. The number of benzene rings is 1. The molecule has 3 heteroatoms. The Morgan fingerprint density at radius 3 is 2.38 bits per heavy atom. The van der Waals surface area contributed by atoms with Gasteiger partial charge in [-0.25, -0.2) is 4.79 Å². The first-order valence-electron chi connectivity index (χ1n) is 8.05. The minimum absolute atomic E-state index is 0.0913. The average Bonchev–Trinajstić information content (AvgIpc) is 2.42. The summed E-state index contributed by atoms with van der Waals surface area (Å²) in [6, 6.07) is 10.3. The highest BCUT2D eigenvalue weighted by Gasteiger charge is 2.21. The van der Waals surface area contributed by atoms with E-state index in [1.807, 2.05) is 18.2 Å². The van der Waals surface area contributed by atoms with Gasteiger partial charge in [0.2, 0.25) is 0 Å². The lowest BCUT2D eigenvalue weighted by Crippen LogP contribution is -2.43. The van der Waals surface area contributed by atoms with E-state index < -0.39 is 0 Å². The van der Waals surface area contributed by atoms with Gasteiger partial charge >= 0.3 is 5.97 Å². The van der Waals surface area contributed by atoms with Gasteiger partial charge in [-0.1, -0.05) is 62.9 Å². The van der Waals surface area contributed by atoms with Crippen molar-refractivity contribution in [1.82, 2.24) is 0 Å². The Morgan fingerprint density at radius 1 is 1.05 bits per heavy atom. The molecule has 1 aromatic rings. The van der Waals surface area contributed by atoms with E-state index in [9.17, 15) is 4.79 Å². The Balaban J connectivity index is 2.23. The molecule has 118 valence electrons. The predicted molar refractivity (Wildman–Crippen MR) is 86.8 cm³/mol. The zero-order chi connectivity index (χ0) is 15.6. The third-order valence-electron chi connectivity index (χ3n) is 3.52. The number of hydrogen-bond donors (Lipinski definition) is 0. The monoisotopic (exact) mass is 292 g/mol. The van der Waals surface area contributed by atoms with Gasteiger partial charge < -0.3 is 9.22 Å². The van der Waals surface area contributed by atoms with Crippen LogP contribution < -0.4 is 0 Å². The van der Waals surface area contributed by atoms with Crippen LogP contribution in [0.2, 0.25) is 0 Å². The van der Waals surface area contributed by atoms with Crippen molar-refractivity contribution in [2.24, 2.45) is 0 Å². The molecule has 0 fully saturated rings. The largest absolute Gasteiger partial charge is 0.462 e. The first kappa shape index (κ1) is 17.7. The van der Waals surface area contributed by atoms with Crippen LogP contribution in [0.15, 0.2) is 30.3 Å². The summed E-state index contributed by atoms with van der Waals surface area (Å²) in [5, 5.41) is 0. The number of unbranched alkanes of at least 4 members (excludes halogenated alkanes) is 4. The molecule has 1 aromatic carbocycles. The molecule has 0 radical (unpaired) electrons. The Kier molecular flexibility index (Phi) is 8.06. The quantitative estimate of drug-likeness (QED) is 0.373. The van der Waals surface area contributed by atoms with E-state index in [0.717, 1.165) is 19.4 Å². The van der Waals surface area contributed by atoms with Gasteiger partial charge in [-0.2, -0.15) is 0 Å². The van der Waals surface area contributed by atoms with E-state index in [4.69, 9.17) is 4.74 Å². The van der Waals surface area contributed by atoms with Gasteiger partial charge in [0.1, 0.15) is 6.54 Å². The maximum atomic E-state index is 11.9. The summed E-state index contributed by atoms with van der Waals surface area (Å²) in [5.74, 6) is -0.0913. The van der Waals surface area contributed by atoms with Gasteiger partial charge in [-0.3, -0.25) is 0 Å². The normalized spacial score (nSPS) is 11.4. The number of rotatable bonds is 10. The van der Waals surface area contributed by atoms with Crippen LogP contribution in [0.4, 0.5) is 0 Å². The minimum atomic E-state index is -0.0913. The third-order valence-corrected chi connectivity index (χ3v) is 3.52. The third kappa shape index (κ3) is 8.51. The summed E-state index contributed by atoms with van der Waals surface area (Å²) in [7, 11) is 4.13. The topological polar surface area (TPSA) is 26.3 Å². The van der Waals surface area contributed by atoms with E-state index in [0.29, 0.717) is 17.6 Å². The molecule has 1 rings (SSSR count). The first-order valence-corrected chi connectivity index (χ1v) is 8.05. The summed E-state index contributed by atoms with van der Waals surface area (Å²) >= 11 is 0. The van der Waals surface area contributed by atoms with Crippen LogP contribution in [0.5, 0.6) is 0 Å². The molecular formula is C18H30NO2+. The number of carbonyl (C=O) groups excluding carboxylic acids is 1. The van der Waals surface area contributed by atoms with E-state index in [2.05, 4.69) is 33.2 Å². The lowest BCUT2D eigenvalue weighted by Gasteiger charge is -2.28. The number of nitrogens with zero attached hydrogens (tertiary/aromatic N) is 1. The van der Waals surface area contributed by atoms with Crippen LogP contribution in [0.25, 0.3) is 0 Å². The molecule has 0 amide bonds. The zero-order valence-corrected chi connectivity index (χ0v) is 13.8. The molecule has 0 aromatic heterocycles. The van der Waals surface area contributed by atoms with Crippen molar-refractivity contribution in [2.75, 3.05) is 27.2 Å². The Labute approximate surface area is 129 Å². The second-order valence-corrected chi connectivity index (χ2v) is 6.37. The van der Waals surface area contributed by atoms with Crippen LogP contribution >= 0.6 is 0 Å². The van der Waals surface area contributed by atoms with Crippen molar-refractivity contribution in [1.29, 1.82) is 0 Å². The lowest BCUT2D eigenvalue weighted by atomic mass is 10.2. The lowest BCUT2D eigenvalue weighted by molar-refractivity contribution is -0.896. The molecule has 0 spiro atoms. The number of esters is 1. The van der Waals surface area contributed by atoms with E-state index in [-0.39, 0.29) is 5.97 Å². The van der Waals surface area contributed by atoms with Crippen molar-refractivity contribution in [3.8, 4) is 0 Å². The van der Waals surface area contributed by atoms with Crippen molar-refractivity contribution in [3.05, 3.63) is 35.9 Å². The van der Waals surface area contributed by atoms with Crippen molar-refractivity contribution in [3.63, 3.8) is 0 Å². The number of hydrogen-bond acceptors (Lipinski definition) is 2. The molecule has 0 bridgehead atoms. The second-order valence-electron chi connectivity index (χ2n) is 6.37. The summed E-state index contributed by atoms with van der Waals surface area (Å²) in [4.78, 5) is 11.9. The highest BCUT2D eigenvalue weighted by molar-refractivity contribution is 5.70. The fourth-order valence-electron chi connectivity index (χ4n) is 2.42. The molecule has 0 heterocycles. The Morgan fingerprint density at radius 2 is 1.71 bits per heavy atom. The highest BCUT2D eigenvalue weighted by Crippen LogP contribution is 2.09. The van der Waals surface area contributed by atoms with Crippen LogP contribution in [0.1, 0.15) is 44.6 Å². The van der Waals surface area contributed by atoms with Gasteiger partial charge in [0.05, 0.1) is 20.7 Å². The van der Waals surface area contributed by atoms with Gasteiger partial charge in [-0.15, -0.1) is 0 Å². The molecule has 21 heavy (non-hydrogen) atoms. The molecule has 0 saturated carbocycles. The van der Waals surface area contributed by atoms with E-state index in [1.165, 1.54) is 24.8 Å². The van der Waals surface area contributed by atoms with E-state index in [1.54, 1.807) is 0 Å². The van der Waals surface area contributed by atoms with Gasteiger partial charge in [-0.05, 0) is 6.42 Å². The first-order chi connectivity index (χ1) is 10.0. The molecule has 0 aliphatic heterocycles. The highest BCUT2D eigenvalue weighted by atomic mass is 16.5. The molecular weight excluding hydrogens is 262 g/mol. The molecule has 0 atom stereocenters. The van der Waals surface area contributed by atoms with Gasteiger partial charge in [0.25, 0.3) is 0 Å². The van der Waals surface area contributed by atoms with Crippen molar-refractivity contribution < 1.29 is 14.0 Å². The van der Waals surface area contributed by atoms with Crippen LogP contribution in [-0.4, -0.2) is 37.7 Å². The molecule has 0 aliphatic carbocycles. The molecule has 3 nitrogen and oxygen atoms in total. The van der Waals surface area contributed by atoms with Gasteiger partial charge in [0.15, 0.2) is 6.54 Å². The summed E-state index contributed by atoms with van der Waals surface area (Å²) in [5.41, 5.74) is 1.25. The van der Waals surface area contributed by atoms with Crippen LogP contribution in [0, 0.1) is 0 Å². The standard InChI is InChI=1S/C18H30NO2/c1-4-5-6-7-11-14-21-18(20)16-19(2,3)15-17-12-9-8-10-13-17/h8-10,12-13H,4-7,11,14-16H2,1-3H3/q+1. The molecule has 0 N–H and O–H groups in total.